The third-order valence-corrected chi connectivity index (χ3v) is 7.92. The molecule has 4 rings (SSSR count). The van der Waals surface area contributed by atoms with E-state index in [0.29, 0.717) is 18.4 Å². The van der Waals surface area contributed by atoms with Crippen LogP contribution < -0.4 is 0 Å². The fourth-order valence-corrected chi connectivity index (χ4v) is 6.31. The van der Waals surface area contributed by atoms with Crippen molar-refractivity contribution in [2.24, 2.45) is 4.40 Å². The van der Waals surface area contributed by atoms with E-state index in [1.54, 1.807) is 13.8 Å². The van der Waals surface area contributed by atoms with E-state index in [2.05, 4.69) is 4.40 Å². The minimum absolute atomic E-state index is 0.000623. The summed E-state index contributed by atoms with van der Waals surface area (Å²) in [7, 11) is -3.85. The van der Waals surface area contributed by atoms with Gasteiger partial charge in [0.2, 0.25) is 5.90 Å². The Balaban J connectivity index is 1.62. The van der Waals surface area contributed by atoms with Crippen LogP contribution in [0.25, 0.3) is 11.1 Å². The molecule has 0 radical (unpaired) electrons. The first-order chi connectivity index (χ1) is 15.8. The summed E-state index contributed by atoms with van der Waals surface area (Å²) in [4.78, 5) is 0. The Kier molecular flexibility index (Phi) is 6.68. The predicted molar refractivity (Wildman–Crippen MR) is 132 cm³/mol. The molecule has 0 saturated carbocycles. The van der Waals surface area contributed by atoms with Crippen LogP contribution in [0.2, 0.25) is 0 Å². The summed E-state index contributed by atoms with van der Waals surface area (Å²) in [6, 6.07) is 27.2. The van der Waals surface area contributed by atoms with Crippen molar-refractivity contribution in [1.82, 2.24) is 0 Å². The minimum Gasteiger partial charge on any atom is -0.472 e. The Hall–Kier alpha value is -2.96. The molecule has 0 spiro atoms. The van der Waals surface area contributed by atoms with Gasteiger partial charge in [0, 0.05) is 13.0 Å². The fraction of sp³-hybridized carbons (Fsp3) is 0.296. The SMILES string of the molecule is CC1(C)OC(C[C@@H](CCO)c2ccccc2)=NS(=O)(=O)C1c1ccc(-c2ccccc2)cc1. The highest BCUT2D eigenvalue weighted by Crippen LogP contribution is 2.42. The van der Waals surface area contributed by atoms with Crippen LogP contribution in [0.4, 0.5) is 0 Å². The van der Waals surface area contributed by atoms with Crippen molar-refractivity contribution in [3.8, 4) is 11.1 Å². The monoisotopic (exact) mass is 463 g/mol. The summed E-state index contributed by atoms with van der Waals surface area (Å²) in [5.74, 6) is 0.113. The van der Waals surface area contributed by atoms with Crippen molar-refractivity contribution < 1.29 is 18.3 Å². The maximum absolute atomic E-state index is 13.3. The van der Waals surface area contributed by atoms with E-state index in [1.165, 1.54) is 0 Å². The van der Waals surface area contributed by atoms with Crippen LogP contribution >= 0.6 is 0 Å². The number of aliphatic hydroxyl groups excluding tert-OH is 1. The lowest BCUT2D eigenvalue weighted by Gasteiger charge is -2.38. The zero-order chi connectivity index (χ0) is 23.5. The molecule has 1 unspecified atom stereocenters. The molecule has 0 amide bonds. The van der Waals surface area contributed by atoms with Crippen LogP contribution in [-0.4, -0.2) is 31.6 Å². The van der Waals surface area contributed by atoms with Gasteiger partial charge >= 0.3 is 0 Å². The Morgan fingerprint density at radius 2 is 1.48 bits per heavy atom. The van der Waals surface area contributed by atoms with Crippen molar-refractivity contribution in [1.29, 1.82) is 0 Å². The summed E-state index contributed by atoms with van der Waals surface area (Å²) in [5, 5.41) is 8.62. The van der Waals surface area contributed by atoms with Gasteiger partial charge in [0.15, 0.2) is 0 Å². The van der Waals surface area contributed by atoms with Crippen molar-refractivity contribution in [2.45, 2.75) is 43.5 Å². The second-order valence-electron chi connectivity index (χ2n) is 8.90. The van der Waals surface area contributed by atoms with Crippen molar-refractivity contribution in [3.05, 3.63) is 96.1 Å². The largest absolute Gasteiger partial charge is 0.472 e. The van der Waals surface area contributed by atoms with Crippen molar-refractivity contribution in [3.63, 3.8) is 0 Å². The fourth-order valence-electron chi connectivity index (χ4n) is 4.54. The molecule has 1 aliphatic heterocycles. The first kappa shape index (κ1) is 23.2. The van der Waals surface area contributed by atoms with Gasteiger partial charge in [0.05, 0.1) is 0 Å². The van der Waals surface area contributed by atoms with Gasteiger partial charge in [-0.2, -0.15) is 0 Å². The Labute approximate surface area is 195 Å². The van der Waals surface area contributed by atoms with E-state index < -0.39 is 20.9 Å². The van der Waals surface area contributed by atoms with E-state index in [-0.39, 0.29) is 18.4 Å². The minimum atomic E-state index is -3.85. The second-order valence-corrected chi connectivity index (χ2v) is 10.6. The second kappa shape index (κ2) is 9.49. The molecule has 1 N–H and O–H groups in total. The van der Waals surface area contributed by atoms with Gasteiger partial charge in [-0.05, 0) is 48.4 Å². The van der Waals surface area contributed by atoms with Gasteiger partial charge in [-0.15, -0.1) is 4.40 Å². The molecule has 6 heteroatoms. The number of hydrogen-bond donors (Lipinski definition) is 1. The number of benzene rings is 3. The van der Waals surface area contributed by atoms with E-state index in [1.807, 2.05) is 84.9 Å². The third kappa shape index (κ3) is 5.18. The maximum Gasteiger partial charge on any atom is 0.267 e. The summed E-state index contributed by atoms with van der Waals surface area (Å²) >= 11 is 0. The van der Waals surface area contributed by atoms with E-state index >= 15 is 0 Å². The standard InChI is InChI=1S/C27H29NO4S/c1-27(2)26(23-15-13-22(14-16-23)20-9-5-3-6-10-20)33(30,31)28-25(32-27)19-24(17-18-29)21-11-7-4-8-12-21/h3-16,24,26,29H,17-19H2,1-2H3/t24-,26?/m1/s1. The molecule has 0 bridgehead atoms. The molecule has 3 aromatic rings. The highest BCUT2D eigenvalue weighted by atomic mass is 32.2. The van der Waals surface area contributed by atoms with Crippen LogP contribution in [0, 0.1) is 0 Å². The lowest BCUT2D eigenvalue weighted by molar-refractivity contribution is 0.0798. The molecule has 0 saturated heterocycles. The summed E-state index contributed by atoms with van der Waals surface area (Å²) in [6.07, 6.45) is 0.810. The summed E-state index contributed by atoms with van der Waals surface area (Å²) < 4.78 is 36.9. The number of nitrogens with zero attached hydrogens (tertiary/aromatic N) is 1. The molecule has 0 fully saturated rings. The third-order valence-electron chi connectivity index (χ3n) is 6.03. The van der Waals surface area contributed by atoms with Crippen LogP contribution in [-0.2, 0) is 14.8 Å². The molecule has 1 heterocycles. The Morgan fingerprint density at radius 1 is 0.909 bits per heavy atom. The van der Waals surface area contributed by atoms with Crippen LogP contribution in [0.5, 0.6) is 0 Å². The van der Waals surface area contributed by atoms with Crippen LogP contribution in [0.3, 0.4) is 0 Å². The molecular weight excluding hydrogens is 434 g/mol. The molecule has 33 heavy (non-hydrogen) atoms. The van der Waals surface area contributed by atoms with Gasteiger partial charge < -0.3 is 9.84 Å². The zero-order valence-corrected chi connectivity index (χ0v) is 19.7. The summed E-state index contributed by atoms with van der Waals surface area (Å²) in [5.41, 5.74) is 2.77. The number of hydrogen-bond acceptors (Lipinski definition) is 4. The molecule has 1 aliphatic rings. The van der Waals surface area contributed by atoms with Crippen molar-refractivity contribution >= 4 is 15.9 Å². The van der Waals surface area contributed by atoms with Gasteiger partial charge in [0.1, 0.15) is 10.9 Å². The van der Waals surface area contributed by atoms with E-state index in [0.717, 1.165) is 16.7 Å². The number of ether oxygens (including phenoxy) is 1. The zero-order valence-electron chi connectivity index (χ0n) is 18.9. The molecule has 2 atom stereocenters. The summed E-state index contributed by atoms with van der Waals surface area (Å²) in [6.45, 7) is 3.58. The van der Waals surface area contributed by atoms with Crippen LogP contribution in [0.1, 0.15) is 49.0 Å². The average molecular weight is 464 g/mol. The lowest BCUT2D eigenvalue weighted by atomic mass is 9.92. The topological polar surface area (TPSA) is 76.0 Å². The highest BCUT2D eigenvalue weighted by molar-refractivity contribution is 7.90. The van der Waals surface area contributed by atoms with Crippen LogP contribution in [0.15, 0.2) is 89.3 Å². The number of sulfonamides is 1. The van der Waals surface area contributed by atoms with E-state index in [4.69, 9.17) is 4.74 Å². The van der Waals surface area contributed by atoms with Gasteiger partial charge in [-0.1, -0.05) is 84.9 Å². The Morgan fingerprint density at radius 3 is 2.06 bits per heavy atom. The molecule has 0 aromatic heterocycles. The average Bonchev–Trinajstić information content (AvgIpc) is 2.79. The first-order valence-electron chi connectivity index (χ1n) is 11.1. The smallest absolute Gasteiger partial charge is 0.267 e. The molecule has 3 aromatic carbocycles. The first-order valence-corrected chi connectivity index (χ1v) is 12.6. The molecule has 172 valence electrons. The quantitative estimate of drug-likeness (QED) is 0.503. The molecule has 0 aliphatic carbocycles. The van der Waals surface area contributed by atoms with Gasteiger partial charge in [-0.25, -0.2) is 8.42 Å². The lowest BCUT2D eigenvalue weighted by Crippen LogP contribution is -2.43. The number of aliphatic hydroxyl groups is 1. The normalized spacial score (nSPS) is 19.8. The maximum atomic E-state index is 13.3. The van der Waals surface area contributed by atoms with E-state index in [9.17, 15) is 13.5 Å². The van der Waals surface area contributed by atoms with Gasteiger partial charge in [0.25, 0.3) is 10.0 Å². The number of rotatable bonds is 7. The molecule has 5 nitrogen and oxygen atoms in total. The van der Waals surface area contributed by atoms with Crippen molar-refractivity contribution in [2.75, 3.05) is 6.61 Å². The molecular formula is C27H29NO4S. The van der Waals surface area contributed by atoms with Gasteiger partial charge in [-0.3, -0.25) is 0 Å². The highest BCUT2D eigenvalue weighted by Gasteiger charge is 2.47. The Bertz CT molecular complexity index is 1200. The predicted octanol–water partition coefficient (Wildman–Crippen LogP) is 5.49.